The van der Waals surface area contributed by atoms with Crippen LogP contribution in [0.1, 0.15) is 47.0 Å². The summed E-state index contributed by atoms with van der Waals surface area (Å²) < 4.78 is 5.29. The Morgan fingerprint density at radius 1 is 1.30 bits per heavy atom. The third kappa shape index (κ3) is 5.34. The normalized spacial score (nSPS) is 32.5. The molecule has 1 rings (SSSR count). The molecule has 0 bridgehead atoms. The average molecular weight is 284 g/mol. The molecule has 3 nitrogen and oxygen atoms in total. The van der Waals surface area contributed by atoms with Crippen molar-refractivity contribution in [2.45, 2.75) is 59.0 Å². The van der Waals surface area contributed by atoms with Crippen molar-refractivity contribution in [3.8, 4) is 0 Å². The maximum absolute atomic E-state index is 5.29. The van der Waals surface area contributed by atoms with Crippen LogP contribution in [0.25, 0.3) is 0 Å². The minimum Gasteiger partial charge on any atom is -0.383 e. The number of ether oxygens (including phenoxy) is 1. The van der Waals surface area contributed by atoms with Crippen molar-refractivity contribution in [1.29, 1.82) is 0 Å². The first-order valence-electron chi connectivity index (χ1n) is 8.42. The maximum atomic E-state index is 5.29. The van der Waals surface area contributed by atoms with Crippen LogP contribution in [0.2, 0.25) is 0 Å². The molecule has 20 heavy (non-hydrogen) atoms. The molecule has 3 heteroatoms. The van der Waals surface area contributed by atoms with Gasteiger partial charge in [0.1, 0.15) is 0 Å². The van der Waals surface area contributed by atoms with Crippen LogP contribution in [0, 0.1) is 17.8 Å². The Hall–Kier alpha value is -0.120. The first-order chi connectivity index (χ1) is 9.49. The SMILES string of the molecule is CCCNC1CC(C)CC(C)C1CN(C)C(C)COC. The quantitative estimate of drug-likeness (QED) is 0.741. The number of hydrogen-bond donors (Lipinski definition) is 1. The largest absolute Gasteiger partial charge is 0.383 e. The van der Waals surface area contributed by atoms with Gasteiger partial charge in [-0.3, -0.25) is 0 Å². The predicted octanol–water partition coefficient (Wildman–Crippen LogP) is 3.00. The minimum absolute atomic E-state index is 0.498. The summed E-state index contributed by atoms with van der Waals surface area (Å²) >= 11 is 0. The molecule has 0 heterocycles. The Morgan fingerprint density at radius 2 is 2.00 bits per heavy atom. The average Bonchev–Trinajstić information content (AvgIpc) is 2.39. The zero-order chi connectivity index (χ0) is 15.1. The lowest BCUT2D eigenvalue weighted by molar-refractivity contribution is 0.0671. The van der Waals surface area contributed by atoms with E-state index < -0.39 is 0 Å². The highest BCUT2D eigenvalue weighted by molar-refractivity contribution is 4.89. The van der Waals surface area contributed by atoms with Gasteiger partial charge in [0.05, 0.1) is 6.61 Å². The zero-order valence-electron chi connectivity index (χ0n) is 14.5. The van der Waals surface area contributed by atoms with Crippen molar-refractivity contribution < 1.29 is 4.74 Å². The molecule has 5 unspecified atom stereocenters. The van der Waals surface area contributed by atoms with Gasteiger partial charge in [0, 0.05) is 25.7 Å². The number of hydrogen-bond acceptors (Lipinski definition) is 3. The topological polar surface area (TPSA) is 24.5 Å². The van der Waals surface area contributed by atoms with Gasteiger partial charge in [-0.25, -0.2) is 0 Å². The van der Waals surface area contributed by atoms with Gasteiger partial charge in [-0.05, 0) is 57.5 Å². The molecule has 0 aromatic heterocycles. The highest BCUT2D eigenvalue weighted by atomic mass is 16.5. The van der Waals surface area contributed by atoms with E-state index in [1.165, 1.54) is 25.8 Å². The summed E-state index contributed by atoms with van der Waals surface area (Å²) in [5, 5.41) is 3.80. The molecule has 0 aromatic carbocycles. The van der Waals surface area contributed by atoms with Crippen molar-refractivity contribution in [2.75, 3.05) is 33.9 Å². The summed E-state index contributed by atoms with van der Waals surface area (Å²) in [7, 11) is 4.03. The van der Waals surface area contributed by atoms with Crippen molar-refractivity contribution in [2.24, 2.45) is 17.8 Å². The van der Waals surface area contributed by atoms with Gasteiger partial charge in [0.25, 0.3) is 0 Å². The number of methoxy groups -OCH3 is 1. The molecule has 0 spiro atoms. The van der Waals surface area contributed by atoms with Gasteiger partial charge in [0.15, 0.2) is 0 Å². The Labute approximate surface area is 126 Å². The second kappa shape index (κ2) is 9.01. The first kappa shape index (κ1) is 17.9. The Morgan fingerprint density at radius 3 is 2.60 bits per heavy atom. The van der Waals surface area contributed by atoms with Gasteiger partial charge >= 0.3 is 0 Å². The van der Waals surface area contributed by atoms with Crippen LogP contribution in [0.4, 0.5) is 0 Å². The van der Waals surface area contributed by atoms with Gasteiger partial charge in [-0.15, -0.1) is 0 Å². The molecule has 1 fully saturated rings. The van der Waals surface area contributed by atoms with Crippen LogP contribution in [-0.2, 0) is 4.74 Å². The second-order valence-electron chi connectivity index (χ2n) is 7.02. The number of nitrogens with one attached hydrogen (secondary N) is 1. The summed E-state index contributed by atoms with van der Waals surface area (Å²) in [6.45, 7) is 12.5. The van der Waals surface area contributed by atoms with E-state index in [1.54, 1.807) is 7.11 Å². The molecule has 0 aliphatic heterocycles. The summed E-state index contributed by atoms with van der Waals surface area (Å²) in [4.78, 5) is 2.47. The van der Waals surface area contributed by atoms with Crippen molar-refractivity contribution in [3.05, 3.63) is 0 Å². The molecule has 0 saturated heterocycles. The zero-order valence-corrected chi connectivity index (χ0v) is 14.5. The smallest absolute Gasteiger partial charge is 0.0615 e. The van der Waals surface area contributed by atoms with E-state index in [0.29, 0.717) is 12.1 Å². The van der Waals surface area contributed by atoms with Crippen LogP contribution < -0.4 is 5.32 Å². The summed E-state index contributed by atoms with van der Waals surface area (Å²) in [5.74, 6) is 2.43. The van der Waals surface area contributed by atoms with E-state index in [1.807, 2.05) is 0 Å². The summed E-state index contributed by atoms with van der Waals surface area (Å²) in [6.07, 6.45) is 3.94. The highest BCUT2D eigenvalue weighted by Gasteiger charge is 2.34. The third-order valence-electron chi connectivity index (χ3n) is 4.99. The van der Waals surface area contributed by atoms with Crippen LogP contribution in [-0.4, -0.2) is 50.8 Å². The number of nitrogens with zero attached hydrogens (tertiary/aromatic N) is 1. The van der Waals surface area contributed by atoms with Crippen LogP contribution in [0.5, 0.6) is 0 Å². The fourth-order valence-corrected chi connectivity index (χ4v) is 3.66. The van der Waals surface area contributed by atoms with Gasteiger partial charge in [-0.1, -0.05) is 20.8 Å². The van der Waals surface area contributed by atoms with E-state index >= 15 is 0 Å². The third-order valence-corrected chi connectivity index (χ3v) is 4.99. The fraction of sp³-hybridized carbons (Fsp3) is 1.00. The van der Waals surface area contributed by atoms with E-state index in [4.69, 9.17) is 4.74 Å². The van der Waals surface area contributed by atoms with Gasteiger partial charge in [-0.2, -0.15) is 0 Å². The summed E-state index contributed by atoms with van der Waals surface area (Å²) in [5.41, 5.74) is 0. The van der Waals surface area contributed by atoms with Crippen molar-refractivity contribution >= 4 is 0 Å². The molecule has 5 atom stereocenters. The van der Waals surface area contributed by atoms with Gasteiger partial charge in [0.2, 0.25) is 0 Å². The molecule has 1 aliphatic carbocycles. The molecule has 1 saturated carbocycles. The second-order valence-corrected chi connectivity index (χ2v) is 7.02. The maximum Gasteiger partial charge on any atom is 0.0615 e. The molecule has 1 aliphatic rings. The molecule has 120 valence electrons. The first-order valence-corrected chi connectivity index (χ1v) is 8.42. The molecule has 1 N–H and O–H groups in total. The van der Waals surface area contributed by atoms with E-state index in [2.05, 4.69) is 45.0 Å². The lowest BCUT2D eigenvalue weighted by Gasteiger charge is -2.43. The molecule has 0 amide bonds. The van der Waals surface area contributed by atoms with Crippen molar-refractivity contribution in [1.82, 2.24) is 10.2 Å². The molecular weight excluding hydrogens is 248 g/mol. The standard InChI is InChI=1S/C17H36N2O/c1-7-8-18-17-10-13(2)9-14(3)16(17)11-19(5)15(4)12-20-6/h13-18H,7-12H2,1-6H3. The van der Waals surface area contributed by atoms with Crippen molar-refractivity contribution in [3.63, 3.8) is 0 Å². The Bertz CT molecular complexity index is 259. The minimum atomic E-state index is 0.498. The predicted molar refractivity (Wildman–Crippen MR) is 87.1 cm³/mol. The van der Waals surface area contributed by atoms with Crippen LogP contribution in [0.3, 0.4) is 0 Å². The number of likely N-dealkylation sites (N-methyl/N-ethyl adjacent to an activating group) is 1. The summed E-state index contributed by atoms with van der Waals surface area (Å²) in [6, 6.07) is 1.18. The molecule has 0 aromatic rings. The van der Waals surface area contributed by atoms with E-state index in [0.717, 1.165) is 30.9 Å². The van der Waals surface area contributed by atoms with Crippen LogP contribution in [0.15, 0.2) is 0 Å². The highest BCUT2D eigenvalue weighted by Crippen LogP contribution is 2.34. The monoisotopic (exact) mass is 284 g/mol. The van der Waals surface area contributed by atoms with E-state index in [9.17, 15) is 0 Å². The lowest BCUT2D eigenvalue weighted by atomic mass is 9.72. The van der Waals surface area contributed by atoms with Gasteiger partial charge < -0.3 is 15.0 Å². The number of rotatable bonds is 8. The lowest BCUT2D eigenvalue weighted by Crippen LogP contribution is -2.50. The molecular formula is C17H36N2O. The Balaban J connectivity index is 2.60. The van der Waals surface area contributed by atoms with Crippen LogP contribution >= 0.6 is 0 Å². The molecule has 0 radical (unpaired) electrons. The van der Waals surface area contributed by atoms with E-state index in [-0.39, 0.29) is 0 Å². The fourth-order valence-electron chi connectivity index (χ4n) is 3.66. The Kier molecular flexibility index (Phi) is 8.08.